The standard InChI is InChI=1S/C20H19NO4/c1-12-17(15-10-6-7-11-16(15)21-12)18(22)13(2)25-20(24)19(23)14-8-4-3-5-9-14/h3-11,13,19,21,23H,1-2H3/t13-,19-/m1/s1. The van der Waals surface area contributed by atoms with Crippen LogP contribution in [0.1, 0.15) is 34.6 Å². The number of benzene rings is 2. The number of ketones is 1. The number of aryl methyl sites for hydroxylation is 1. The third-order valence-corrected chi connectivity index (χ3v) is 4.14. The van der Waals surface area contributed by atoms with E-state index in [-0.39, 0.29) is 5.78 Å². The van der Waals surface area contributed by atoms with E-state index in [9.17, 15) is 14.7 Å². The maximum Gasteiger partial charge on any atom is 0.340 e. The molecule has 3 rings (SSSR count). The lowest BCUT2D eigenvalue weighted by Crippen LogP contribution is -2.27. The van der Waals surface area contributed by atoms with Gasteiger partial charge >= 0.3 is 5.97 Å². The van der Waals surface area contributed by atoms with Gasteiger partial charge in [0, 0.05) is 22.2 Å². The van der Waals surface area contributed by atoms with E-state index in [4.69, 9.17) is 4.74 Å². The highest BCUT2D eigenvalue weighted by Gasteiger charge is 2.27. The molecule has 0 saturated heterocycles. The van der Waals surface area contributed by atoms with E-state index in [0.29, 0.717) is 11.1 Å². The Hall–Kier alpha value is -2.92. The second-order valence-corrected chi connectivity index (χ2v) is 5.93. The molecule has 2 N–H and O–H groups in total. The Labute approximate surface area is 145 Å². The smallest absolute Gasteiger partial charge is 0.340 e. The summed E-state index contributed by atoms with van der Waals surface area (Å²) in [6.07, 6.45) is -2.41. The summed E-state index contributed by atoms with van der Waals surface area (Å²) in [4.78, 5) is 28.1. The molecule has 0 saturated carbocycles. The van der Waals surface area contributed by atoms with E-state index in [1.807, 2.05) is 24.3 Å². The number of aromatic amines is 1. The number of esters is 1. The molecule has 25 heavy (non-hydrogen) atoms. The average molecular weight is 337 g/mol. The molecule has 1 aromatic heterocycles. The van der Waals surface area contributed by atoms with Gasteiger partial charge in [0.05, 0.1) is 0 Å². The summed E-state index contributed by atoms with van der Waals surface area (Å²) in [7, 11) is 0. The number of aliphatic hydroxyl groups is 1. The quantitative estimate of drug-likeness (QED) is 0.553. The number of carbonyl (C=O) groups excluding carboxylic acids is 2. The number of aliphatic hydroxyl groups excluding tert-OH is 1. The Bertz CT molecular complexity index is 914. The van der Waals surface area contributed by atoms with E-state index in [0.717, 1.165) is 16.6 Å². The van der Waals surface area contributed by atoms with Crippen LogP contribution in [0.5, 0.6) is 0 Å². The monoisotopic (exact) mass is 337 g/mol. The van der Waals surface area contributed by atoms with Crippen LogP contribution < -0.4 is 0 Å². The molecule has 0 aliphatic rings. The zero-order valence-electron chi connectivity index (χ0n) is 14.0. The lowest BCUT2D eigenvalue weighted by molar-refractivity contribution is -0.156. The van der Waals surface area contributed by atoms with E-state index in [1.165, 1.54) is 6.92 Å². The minimum Gasteiger partial charge on any atom is -0.452 e. The van der Waals surface area contributed by atoms with E-state index >= 15 is 0 Å². The first-order chi connectivity index (χ1) is 12.0. The summed E-state index contributed by atoms with van der Waals surface area (Å²) >= 11 is 0. The van der Waals surface area contributed by atoms with Crippen LogP contribution in [-0.2, 0) is 9.53 Å². The molecule has 2 atom stereocenters. The fraction of sp³-hybridized carbons (Fsp3) is 0.200. The van der Waals surface area contributed by atoms with Gasteiger partial charge < -0.3 is 14.8 Å². The molecule has 3 aromatic rings. The maximum atomic E-state index is 12.8. The Balaban J connectivity index is 1.78. The van der Waals surface area contributed by atoms with Crippen LogP contribution in [-0.4, -0.2) is 27.9 Å². The Morgan fingerprint density at radius 3 is 2.40 bits per heavy atom. The van der Waals surface area contributed by atoms with Gasteiger partial charge in [0.2, 0.25) is 5.78 Å². The van der Waals surface area contributed by atoms with E-state index in [1.54, 1.807) is 37.3 Å². The minimum atomic E-state index is -1.42. The normalized spacial score (nSPS) is 13.4. The molecule has 0 bridgehead atoms. The number of hydrogen-bond acceptors (Lipinski definition) is 4. The Morgan fingerprint density at radius 2 is 1.68 bits per heavy atom. The van der Waals surface area contributed by atoms with Gasteiger partial charge in [0.25, 0.3) is 0 Å². The highest BCUT2D eigenvalue weighted by Crippen LogP contribution is 2.24. The summed E-state index contributed by atoms with van der Waals surface area (Å²) in [6.45, 7) is 3.32. The number of hydrogen-bond donors (Lipinski definition) is 2. The van der Waals surface area contributed by atoms with Gasteiger partial charge in [-0.2, -0.15) is 0 Å². The molecule has 5 heteroatoms. The topological polar surface area (TPSA) is 79.4 Å². The molecule has 2 aromatic carbocycles. The summed E-state index contributed by atoms with van der Waals surface area (Å²) in [6, 6.07) is 15.9. The van der Waals surface area contributed by atoms with Gasteiger partial charge in [-0.1, -0.05) is 48.5 Å². The number of Topliss-reactive ketones (excluding diaryl/α,β-unsaturated/α-hetero) is 1. The first-order valence-electron chi connectivity index (χ1n) is 8.04. The van der Waals surface area contributed by atoms with E-state index < -0.39 is 18.2 Å². The fourth-order valence-corrected chi connectivity index (χ4v) is 2.86. The second kappa shape index (κ2) is 6.91. The maximum absolute atomic E-state index is 12.8. The first-order valence-corrected chi connectivity index (χ1v) is 8.04. The lowest BCUT2D eigenvalue weighted by Gasteiger charge is -2.16. The third-order valence-electron chi connectivity index (χ3n) is 4.14. The van der Waals surface area contributed by atoms with Gasteiger partial charge in [-0.25, -0.2) is 4.79 Å². The third kappa shape index (κ3) is 3.32. The Morgan fingerprint density at radius 1 is 1.04 bits per heavy atom. The number of para-hydroxylation sites is 1. The van der Waals surface area contributed by atoms with Crippen molar-refractivity contribution in [3.05, 3.63) is 71.4 Å². The second-order valence-electron chi connectivity index (χ2n) is 5.93. The highest BCUT2D eigenvalue weighted by atomic mass is 16.6. The molecule has 0 aliphatic carbocycles. The molecule has 0 unspecified atom stereocenters. The van der Waals surface area contributed by atoms with Crippen molar-refractivity contribution in [2.24, 2.45) is 0 Å². The molecule has 0 radical (unpaired) electrons. The summed E-state index contributed by atoms with van der Waals surface area (Å²) in [5.41, 5.74) is 2.50. The van der Waals surface area contributed by atoms with Crippen LogP contribution >= 0.6 is 0 Å². The van der Waals surface area contributed by atoms with Crippen LogP contribution in [0.2, 0.25) is 0 Å². The predicted octanol–water partition coefficient (Wildman–Crippen LogP) is 3.32. The summed E-state index contributed by atoms with van der Waals surface area (Å²) in [5.74, 6) is -1.15. The van der Waals surface area contributed by atoms with E-state index in [2.05, 4.69) is 4.98 Å². The number of H-pyrrole nitrogens is 1. The number of fused-ring (bicyclic) bond motifs is 1. The molecule has 0 fully saturated rings. The molecule has 0 spiro atoms. The lowest BCUT2D eigenvalue weighted by atomic mass is 10.0. The fourth-order valence-electron chi connectivity index (χ4n) is 2.86. The van der Waals surface area contributed by atoms with Crippen LogP contribution in [0.4, 0.5) is 0 Å². The van der Waals surface area contributed by atoms with Crippen molar-refractivity contribution < 1.29 is 19.4 Å². The van der Waals surface area contributed by atoms with Crippen LogP contribution in [0.25, 0.3) is 10.9 Å². The molecular formula is C20H19NO4. The molecule has 128 valence electrons. The molecule has 0 aliphatic heterocycles. The van der Waals surface area contributed by atoms with Gasteiger partial charge in [-0.3, -0.25) is 4.79 Å². The van der Waals surface area contributed by atoms with Crippen LogP contribution in [0, 0.1) is 6.92 Å². The number of rotatable bonds is 5. The van der Waals surface area contributed by atoms with Crippen molar-refractivity contribution >= 4 is 22.7 Å². The zero-order chi connectivity index (χ0) is 18.0. The zero-order valence-corrected chi connectivity index (χ0v) is 14.0. The van der Waals surface area contributed by atoms with Crippen molar-refractivity contribution in [1.29, 1.82) is 0 Å². The van der Waals surface area contributed by atoms with Crippen LogP contribution in [0.3, 0.4) is 0 Å². The summed E-state index contributed by atoms with van der Waals surface area (Å²) in [5, 5.41) is 10.9. The first kappa shape index (κ1) is 16.9. The molecule has 1 heterocycles. The van der Waals surface area contributed by atoms with Crippen molar-refractivity contribution in [3.63, 3.8) is 0 Å². The van der Waals surface area contributed by atoms with Crippen molar-refractivity contribution in [1.82, 2.24) is 4.98 Å². The minimum absolute atomic E-state index is 0.302. The van der Waals surface area contributed by atoms with Gasteiger partial charge in [-0.05, 0) is 25.5 Å². The molecule has 5 nitrogen and oxygen atoms in total. The van der Waals surface area contributed by atoms with Crippen LogP contribution in [0.15, 0.2) is 54.6 Å². The summed E-state index contributed by atoms with van der Waals surface area (Å²) < 4.78 is 5.20. The SMILES string of the molecule is Cc1[nH]c2ccccc2c1C(=O)[C@@H](C)OC(=O)[C@H](O)c1ccccc1. The number of ether oxygens (including phenoxy) is 1. The number of nitrogens with one attached hydrogen (secondary N) is 1. The van der Waals surface area contributed by atoms with Crippen molar-refractivity contribution in [2.75, 3.05) is 0 Å². The van der Waals surface area contributed by atoms with Gasteiger partial charge in [0.1, 0.15) is 0 Å². The molecular weight excluding hydrogens is 318 g/mol. The van der Waals surface area contributed by atoms with Crippen molar-refractivity contribution in [3.8, 4) is 0 Å². The van der Waals surface area contributed by atoms with Crippen molar-refractivity contribution in [2.45, 2.75) is 26.1 Å². The Kier molecular flexibility index (Phi) is 4.67. The highest BCUT2D eigenvalue weighted by molar-refractivity contribution is 6.11. The molecule has 0 amide bonds. The average Bonchev–Trinajstić information content (AvgIpc) is 2.96. The number of carbonyl (C=O) groups is 2. The van der Waals surface area contributed by atoms with Gasteiger partial charge in [0.15, 0.2) is 12.2 Å². The largest absolute Gasteiger partial charge is 0.452 e. The number of aromatic nitrogens is 1. The van der Waals surface area contributed by atoms with Gasteiger partial charge in [-0.15, -0.1) is 0 Å². The predicted molar refractivity (Wildman–Crippen MR) is 94.3 cm³/mol.